The molecule has 0 unspecified atom stereocenters. The van der Waals surface area contributed by atoms with E-state index in [0.29, 0.717) is 6.54 Å². The molecule has 0 aliphatic heterocycles. The largest absolute Gasteiger partial charge is 0.418 e. The molecule has 0 fully saturated rings. The fourth-order valence-corrected chi connectivity index (χ4v) is 4.56. The van der Waals surface area contributed by atoms with Crippen LogP contribution in [0, 0.1) is 0 Å². The van der Waals surface area contributed by atoms with Gasteiger partial charge in [-0.05, 0) is 41.6 Å². The molecule has 0 atom stereocenters. The number of amides is 1. The zero-order valence-corrected chi connectivity index (χ0v) is 19.6. The van der Waals surface area contributed by atoms with Gasteiger partial charge in [-0.2, -0.15) is 13.2 Å². The maximum Gasteiger partial charge on any atom is 0.418 e. The Bertz CT molecular complexity index is 1440. The summed E-state index contributed by atoms with van der Waals surface area (Å²) in [4.78, 5) is 27.6. The zero-order valence-electron chi connectivity index (χ0n) is 19.6. The highest BCUT2D eigenvalue weighted by Gasteiger charge is 2.36. The summed E-state index contributed by atoms with van der Waals surface area (Å²) in [7, 11) is 0. The molecular formula is C26H27F3N4O2. The molecule has 0 saturated heterocycles. The number of halogens is 3. The topological polar surface area (TPSA) is 73.3 Å². The van der Waals surface area contributed by atoms with Gasteiger partial charge in [-0.25, -0.2) is 4.79 Å². The summed E-state index contributed by atoms with van der Waals surface area (Å²) in [6.45, 7) is 6.03. The van der Waals surface area contributed by atoms with Crippen LogP contribution in [0.5, 0.6) is 0 Å². The van der Waals surface area contributed by atoms with Crippen LogP contribution in [0.15, 0.2) is 59.4 Å². The summed E-state index contributed by atoms with van der Waals surface area (Å²) in [5, 5.41) is 1.78. The summed E-state index contributed by atoms with van der Waals surface area (Å²) < 4.78 is 45.1. The highest BCUT2D eigenvalue weighted by molar-refractivity contribution is 5.97. The van der Waals surface area contributed by atoms with E-state index in [2.05, 4.69) is 4.90 Å². The average molecular weight is 485 g/mol. The molecule has 0 radical (unpaired) electrons. The molecule has 6 nitrogen and oxygen atoms in total. The molecule has 2 N–H and O–H groups in total. The summed E-state index contributed by atoms with van der Waals surface area (Å²) >= 11 is 0. The number of imidazole rings is 1. The number of hydrogen-bond acceptors (Lipinski definition) is 3. The van der Waals surface area contributed by atoms with Crippen molar-refractivity contribution in [2.45, 2.75) is 33.1 Å². The molecule has 0 spiro atoms. The number of fused-ring (bicyclic) bond motifs is 2. The van der Waals surface area contributed by atoms with E-state index >= 15 is 0 Å². The lowest BCUT2D eigenvalue weighted by atomic mass is 10.0. The van der Waals surface area contributed by atoms with E-state index in [1.165, 1.54) is 10.6 Å². The number of hydrogen-bond donors (Lipinski definition) is 1. The Balaban J connectivity index is 1.99. The lowest BCUT2D eigenvalue weighted by Crippen LogP contribution is -2.32. The summed E-state index contributed by atoms with van der Waals surface area (Å²) in [5.74, 6) is -0.984. The predicted molar refractivity (Wildman–Crippen MR) is 131 cm³/mol. The van der Waals surface area contributed by atoms with Crippen LogP contribution in [-0.2, 0) is 19.3 Å². The molecule has 9 heteroatoms. The lowest BCUT2D eigenvalue weighted by molar-refractivity contribution is -0.136. The van der Waals surface area contributed by atoms with Crippen LogP contribution in [-0.4, -0.2) is 39.6 Å². The fraction of sp³-hybridized carbons (Fsp3) is 0.308. The lowest BCUT2D eigenvalue weighted by Gasteiger charge is -2.18. The van der Waals surface area contributed by atoms with Gasteiger partial charge in [0, 0.05) is 18.7 Å². The van der Waals surface area contributed by atoms with E-state index < -0.39 is 23.3 Å². The van der Waals surface area contributed by atoms with Gasteiger partial charge in [0.2, 0.25) is 5.91 Å². The van der Waals surface area contributed by atoms with E-state index in [9.17, 15) is 22.8 Å². The minimum atomic E-state index is -4.79. The van der Waals surface area contributed by atoms with Crippen molar-refractivity contribution < 1.29 is 18.0 Å². The minimum Gasteiger partial charge on any atom is -0.366 e. The van der Waals surface area contributed by atoms with Crippen LogP contribution in [0.4, 0.5) is 13.2 Å². The molecule has 0 saturated carbocycles. The van der Waals surface area contributed by atoms with Gasteiger partial charge >= 0.3 is 11.9 Å². The van der Waals surface area contributed by atoms with Crippen molar-refractivity contribution in [3.05, 3.63) is 81.8 Å². The monoisotopic (exact) mass is 484 g/mol. The third-order valence-corrected chi connectivity index (χ3v) is 6.44. The SMILES string of the molecule is CCN(CC)CCn1c(=O)n(Cc2cccc3ccccc23)c2c(C(F)(F)F)cc(C(N)=O)cc21. The van der Waals surface area contributed by atoms with Gasteiger partial charge < -0.3 is 10.6 Å². The quantitative estimate of drug-likeness (QED) is 0.401. The summed E-state index contributed by atoms with van der Waals surface area (Å²) in [5.41, 5.74) is 3.97. The van der Waals surface area contributed by atoms with Crippen LogP contribution in [0.25, 0.3) is 21.8 Å². The zero-order chi connectivity index (χ0) is 25.3. The standard InChI is InChI=1S/C26H27F3N4O2/c1-3-31(4-2)12-13-32-22-15-19(24(30)34)14-21(26(27,28)29)23(22)33(25(32)35)16-18-10-7-9-17-8-5-6-11-20(17)18/h5-11,14-15H,3-4,12-13,16H2,1-2H3,(H2,30,34). The Morgan fingerprint density at radius 3 is 2.34 bits per heavy atom. The Hall–Kier alpha value is -3.59. The van der Waals surface area contributed by atoms with Crippen molar-refractivity contribution in [1.29, 1.82) is 0 Å². The van der Waals surface area contributed by atoms with Crippen molar-refractivity contribution >= 4 is 27.7 Å². The Labute approximate surface area is 200 Å². The number of carbonyl (C=O) groups excluding carboxylic acids is 1. The average Bonchev–Trinajstić information content (AvgIpc) is 3.09. The van der Waals surface area contributed by atoms with Gasteiger partial charge in [0.1, 0.15) is 0 Å². The van der Waals surface area contributed by atoms with Crippen LogP contribution >= 0.6 is 0 Å². The first kappa shape index (κ1) is 24.5. The third-order valence-electron chi connectivity index (χ3n) is 6.44. The number of carbonyl (C=O) groups is 1. The van der Waals surface area contributed by atoms with Gasteiger partial charge in [-0.3, -0.25) is 13.9 Å². The van der Waals surface area contributed by atoms with Gasteiger partial charge in [0.05, 0.1) is 23.1 Å². The first-order valence-corrected chi connectivity index (χ1v) is 11.5. The number of nitrogens with zero attached hydrogens (tertiary/aromatic N) is 3. The second-order valence-electron chi connectivity index (χ2n) is 8.44. The molecule has 0 aliphatic carbocycles. The molecule has 4 rings (SSSR count). The smallest absolute Gasteiger partial charge is 0.366 e. The van der Waals surface area contributed by atoms with E-state index in [0.717, 1.165) is 40.1 Å². The second-order valence-corrected chi connectivity index (χ2v) is 8.44. The van der Waals surface area contributed by atoms with Crippen molar-refractivity contribution in [3.8, 4) is 0 Å². The number of alkyl halides is 3. The van der Waals surface area contributed by atoms with Gasteiger partial charge in [-0.1, -0.05) is 56.3 Å². The second kappa shape index (κ2) is 9.58. The van der Waals surface area contributed by atoms with Crippen molar-refractivity contribution in [3.63, 3.8) is 0 Å². The fourth-order valence-electron chi connectivity index (χ4n) is 4.56. The molecule has 184 valence electrons. The van der Waals surface area contributed by atoms with Crippen LogP contribution in [0.3, 0.4) is 0 Å². The van der Waals surface area contributed by atoms with Crippen LogP contribution < -0.4 is 11.4 Å². The highest BCUT2D eigenvalue weighted by atomic mass is 19.4. The first-order chi connectivity index (χ1) is 16.7. The number of aromatic nitrogens is 2. The van der Waals surface area contributed by atoms with E-state index in [1.807, 2.05) is 50.2 Å². The van der Waals surface area contributed by atoms with Crippen molar-refractivity contribution in [1.82, 2.24) is 14.0 Å². The number of likely N-dealkylation sites (N-methyl/N-ethyl adjacent to an activating group) is 1. The highest BCUT2D eigenvalue weighted by Crippen LogP contribution is 2.36. The van der Waals surface area contributed by atoms with E-state index in [1.54, 1.807) is 6.07 Å². The predicted octanol–water partition coefficient (Wildman–Crippen LogP) is 4.46. The third kappa shape index (κ3) is 4.68. The van der Waals surface area contributed by atoms with Gasteiger partial charge in [-0.15, -0.1) is 0 Å². The molecule has 1 aromatic heterocycles. The van der Waals surface area contributed by atoms with Gasteiger partial charge in [0.25, 0.3) is 0 Å². The normalized spacial score (nSPS) is 12.2. The molecular weight excluding hydrogens is 457 g/mol. The minimum absolute atomic E-state index is 0.0472. The number of rotatable bonds is 8. The number of nitrogens with two attached hydrogens (primary N) is 1. The summed E-state index contributed by atoms with van der Waals surface area (Å²) in [6, 6.07) is 15.1. The molecule has 3 aromatic carbocycles. The molecule has 4 aromatic rings. The van der Waals surface area contributed by atoms with Crippen LogP contribution in [0.2, 0.25) is 0 Å². The molecule has 1 amide bonds. The molecule has 1 heterocycles. The molecule has 0 bridgehead atoms. The maximum absolute atomic E-state index is 14.2. The number of primary amides is 1. The van der Waals surface area contributed by atoms with Crippen molar-refractivity contribution in [2.24, 2.45) is 5.73 Å². The van der Waals surface area contributed by atoms with Crippen molar-refractivity contribution in [2.75, 3.05) is 19.6 Å². The van der Waals surface area contributed by atoms with Crippen LogP contribution in [0.1, 0.15) is 35.3 Å². The molecule has 35 heavy (non-hydrogen) atoms. The summed E-state index contributed by atoms with van der Waals surface area (Å²) in [6.07, 6.45) is -4.79. The first-order valence-electron chi connectivity index (χ1n) is 11.5. The Morgan fingerprint density at radius 1 is 1.00 bits per heavy atom. The molecule has 0 aliphatic rings. The van der Waals surface area contributed by atoms with E-state index in [4.69, 9.17) is 5.73 Å². The van der Waals surface area contributed by atoms with Gasteiger partial charge in [0.15, 0.2) is 0 Å². The Morgan fingerprint density at radius 2 is 1.69 bits per heavy atom. The maximum atomic E-state index is 14.2. The number of benzene rings is 3. The Kier molecular flexibility index (Phi) is 6.71. The van der Waals surface area contributed by atoms with E-state index in [-0.39, 0.29) is 29.7 Å².